The van der Waals surface area contributed by atoms with Gasteiger partial charge in [-0.15, -0.1) is 0 Å². The molecule has 1 rings (SSSR count). The minimum atomic E-state index is -0.290. The SMILES string of the molecule is COC(=O)CC=Cc1ccc(O)c(OC)c1. The third-order valence-corrected chi connectivity index (χ3v) is 2.03. The first-order chi connectivity index (χ1) is 7.67. The molecule has 0 aliphatic rings. The molecule has 0 bridgehead atoms. The number of benzene rings is 1. The van der Waals surface area contributed by atoms with Gasteiger partial charge in [-0.05, 0) is 17.7 Å². The van der Waals surface area contributed by atoms with Crippen LogP contribution >= 0.6 is 0 Å². The van der Waals surface area contributed by atoms with Crippen molar-refractivity contribution in [2.45, 2.75) is 6.42 Å². The smallest absolute Gasteiger partial charge is 0.309 e. The lowest BCUT2D eigenvalue weighted by Gasteiger charge is -2.03. The van der Waals surface area contributed by atoms with Crippen molar-refractivity contribution in [1.29, 1.82) is 0 Å². The molecule has 4 heteroatoms. The van der Waals surface area contributed by atoms with Crippen LogP contribution in [-0.4, -0.2) is 25.3 Å². The topological polar surface area (TPSA) is 55.8 Å². The van der Waals surface area contributed by atoms with Crippen LogP contribution in [0.15, 0.2) is 24.3 Å². The molecule has 0 aromatic heterocycles. The summed E-state index contributed by atoms with van der Waals surface area (Å²) in [6.45, 7) is 0. The number of ether oxygens (including phenoxy) is 2. The highest BCUT2D eigenvalue weighted by Gasteiger charge is 2.00. The quantitative estimate of drug-likeness (QED) is 0.791. The molecule has 1 aromatic carbocycles. The molecule has 16 heavy (non-hydrogen) atoms. The van der Waals surface area contributed by atoms with Crippen LogP contribution in [0.4, 0.5) is 0 Å². The number of hydrogen-bond donors (Lipinski definition) is 1. The molecule has 0 aliphatic heterocycles. The summed E-state index contributed by atoms with van der Waals surface area (Å²) in [4.78, 5) is 10.8. The Morgan fingerprint density at radius 2 is 2.19 bits per heavy atom. The molecular formula is C12H14O4. The van der Waals surface area contributed by atoms with Crippen molar-refractivity contribution in [3.63, 3.8) is 0 Å². The zero-order valence-corrected chi connectivity index (χ0v) is 9.27. The van der Waals surface area contributed by atoms with Crippen LogP contribution in [0.2, 0.25) is 0 Å². The van der Waals surface area contributed by atoms with Crippen molar-refractivity contribution in [2.75, 3.05) is 14.2 Å². The van der Waals surface area contributed by atoms with Gasteiger partial charge in [-0.2, -0.15) is 0 Å². The summed E-state index contributed by atoms with van der Waals surface area (Å²) in [5.41, 5.74) is 0.846. The molecular weight excluding hydrogens is 208 g/mol. The number of phenols is 1. The average Bonchev–Trinajstić information content (AvgIpc) is 2.31. The number of esters is 1. The lowest BCUT2D eigenvalue weighted by Crippen LogP contribution is -1.96. The van der Waals surface area contributed by atoms with Gasteiger partial charge >= 0.3 is 5.97 Å². The van der Waals surface area contributed by atoms with Crippen LogP contribution in [-0.2, 0) is 9.53 Å². The molecule has 4 nitrogen and oxygen atoms in total. The molecule has 0 radical (unpaired) electrons. The number of hydrogen-bond acceptors (Lipinski definition) is 4. The van der Waals surface area contributed by atoms with Gasteiger partial charge in [-0.1, -0.05) is 18.2 Å². The predicted octanol–water partition coefficient (Wildman–Crippen LogP) is 1.98. The van der Waals surface area contributed by atoms with E-state index >= 15 is 0 Å². The first-order valence-corrected chi connectivity index (χ1v) is 4.77. The molecule has 0 saturated carbocycles. The van der Waals surface area contributed by atoms with Crippen molar-refractivity contribution < 1.29 is 19.4 Å². The first-order valence-electron chi connectivity index (χ1n) is 4.77. The summed E-state index contributed by atoms with van der Waals surface area (Å²) in [6, 6.07) is 4.95. The van der Waals surface area contributed by atoms with Crippen LogP contribution in [0.5, 0.6) is 11.5 Å². The Kier molecular flexibility index (Phi) is 4.39. The van der Waals surface area contributed by atoms with E-state index in [1.54, 1.807) is 24.3 Å². The van der Waals surface area contributed by atoms with E-state index in [1.165, 1.54) is 20.3 Å². The van der Waals surface area contributed by atoms with Gasteiger partial charge in [-0.3, -0.25) is 4.79 Å². The Labute approximate surface area is 94.1 Å². The van der Waals surface area contributed by atoms with Gasteiger partial charge in [0.2, 0.25) is 0 Å². The number of methoxy groups -OCH3 is 2. The molecule has 86 valence electrons. The zero-order valence-electron chi connectivity index (χ0n) is 9.27. The Bertz CT molecular complexity index is 396. The van der Waals surface area contributed by atoms with Gasteiger partial charge in [0.1, 0.15) is 0 Å². The number of aromatic hydroxyl groups is 1. The summed E-state index contributed by atoms with van der Waals surface area (Å²) < 4.78 is 9.46. The lowest BCUT2D eigenvalue weighted by atomic mass is 10.2. The second kappa shape index (κ2) is 5.80. The van der Waals surface area contributed by atoms with Gasteiger partial charge < -0.3 is 14.6 Å². The highest BCUT2D eigenvalue weighted by Crippen LogP contribution is 2.26. The van der Waals surface area contributed by atoms with Crippen LogP contribution in [0.3, 0.4) is 0 Å². The van der Waals surface area contributed by atoms with E-state index in [9.17, 15) is 9.90 Å². The van der Waals surface area contributed by atoms with E-state index < -0.39 is 0 Å². The first kappa shape index (κ1) is 12.1. The summed E-state index contributed by atoms with van der Waals surface area (Å²) in [5.74, 6) is 0.204. The van der Waals surface area contributed by atoms with Crippen molar-refractivity contribution >= 4 is 12.0 Å². The van der Waals surface area contributed by atoms with Crippen LogP contribution < -0.4 is 4.74 Å². The average molecular weight is 222 g/mol. The fourth-order valence-corrected chi connectivity index (χ4v) is 1.17. The van der Waals surface area contributed by atoms with Crippen molar-refractivity contribution in [2.24, 2.45) is 0 Å². The fourth-order valence-electron chi connectivity index (χ4n) is 1.17. The Morgan fingerprint density at radius 1 is 1.44 bits per heavy atom. The Hall–Kier alpha value is -1.97. The van der Waals surface area contributed by atoms with Gasteiger partial charge in [0.25, 0.3) is 0 Å². The highest BCUT2D eigenvalue weighted by molar-refractivity contribution is 5.72. The van der Waals surface area contributed by atoms with Crippen molar-refractivity contribution in [3.8, 4) is 11.5 Å². The third-order valence-electron chi connectivity index (χ3n) is 2.03. The molecule has 0 unspecified atom stereocenters. The van der Waals surface area contributed by atoms with Gasteiger partial charge in [0.15, 0.2) is 11.5 Å². The van der Waals surface area contributed by atoms with Crippen LogP contribution in [0, 0.1) is 0 Å². The molecule has 0 heterocycles. The molecule has 1 aromatic rings. The van der Waals surface area contributed by atoms with Gasteiger partial charge in [0, 0.05) is 0 Å². The van der Waals surface area contributed by atoms with E-state index in [2.05, 4.69) is 4.74 Å². The Morgan fingerprint density at radius 3 is 2.81 bits per heavy atom. The standard InChI is InChI=1S/C12H14O4/c1-15-11-8-9(6-7-10(11)13)4-3-5-12(14)16-2/h3-4,6-8,13H,5H2,1-2H3. The maximum atomic E-state index is 10.8. The molecule has 0 spiro atoms. The van der Waals surface area contributed by atoms with E-state index in [1.807, 2.05) is 0 Å². The van der Waals surface area contributed by atoms with Crippen LogP contribution in [0.1, 0.15) is 12.0 Å². The largest absolute Gasteiger partial charge is 0.504 e. The molecule has 1 N–H and O–H groups in total. The molecule has 0 fully saturated rings. The molecule has 0 saturated heterocycles. The van der Waals surface area contributed by atoms with E-state index in [0.717, 1.165) is 5.56 Å². The van der Waals surface area contributed by atoms with E-state index in [0.29, 0.717) is 5.75 Å². The third kappa shape index (κ3) is 3.31. The van der Waals surface area contributed by atoms with E-state index in [-0.39, 0.29) is 18.1 Å². The lowest BCUT2D eigenvalue weighted by molar-refractivity contribution is -0.139. The second-order valence-electron chi connectivity index (χ2n) is 3.11. The van der Waals surface area contributed by atoms with Crippen LogP contribution in [0.25, 0.3) is 6.08 Å². The fraction of sp³-hybridized carbons (Fsp3) is 0.250. The monoisotopic (exact) mass is 222 g/mol. The normalized spacial score (nSPS) is 10.4. The van der Waals surface area contributed by atoms with E-state index in [4.69, 9.17) is 4.74 Å². The van der Waals surface area contributed by atoms with Crippen molar-refractivity contribution in [3.05, 3.63) is 29.8 Å². The second-order valence-corrected chi connectivity index (χ2v) is 3.11. The van der Waals surface area contributed by atoms with Gasteiger partial charge in [-0.25, -0.2) is 0 Å². The highest BCUT2D eigenvalue weighted by atomic mass is 16.5. The minimum Gasteiger partial charge on any atom is -0.504 e. The predicted molar refractivity (Wildman–Crippen MR) is 60.3 cm³/mol. The molecule has 0 atom stereocenters. The number of carbonyl (C=O) groups excluding carboxylic acids is 1. The number of carbonyl (C=O) groups is 1. The Balaban J connectivity index is 2.70. The minimum absolute atomic E-state index is 0.0904. The zero-order chi connectivity index (χ0) is 12.0. The molecule has 0 amide bonds. The summed E-state index contributed by atoms with van der Waals surface area (Å²) in [7, 11) is 2.83. The maximum absolute atomic E-state index is 10.8. The van der Waals surface area contributed by atoms with Gasteiger partial charge in [0.05, 0.1) is 20.6 Å². The number of rotatable bonds is 4. The summed E-state index contributed by atoms with van der Waals surface area (Å²) >= 11 is 0. The molecule has 0 aliphatic carbocycles. The van der Waals surface area contributed by atoms with Crippen molar-refractivity contribution in [1.82, 2.24) is 0 Å². The maximum Gasteiger partial charge on any atom is 0.309 e. The summed E-state index contributed by atoms with van der Waals surface area (Å²) in [6.07, 6.45) is 3.68. The number of phenolic OH excluding ortho intramolecular Hbond substituents is 1. The summed E-state index contributed by atoms with van der Waals surface area (Å²) in [5, 5.41) is 9.36.